The minimum atomic E-state index is -0.538. The summed E-state index contributed by atoms with van der Waals surface area (Å²) < 4.78 is 1.05. The first kappa shape index (κ1) is 16.4. The van der Waals surface area contributed by atoms with Crippen molar-refractivity contribution in [1.29, 1.82) is 0 Å². The van der Waals surface area contributed by atoms with Crippen molar-refractivity contribution in [3.63, 3.8) is 0 Å². The predicted molar refractivity (Wildman–Crippen MR) is 90.1 cm³/mol. The van der Waals surface area contributed by atoms with E-state index in [0.29, 0.717) is 11.7 Å². The van der Waals surface area contributed by atoms with Crippen LogP contribution in [0.15, 0.2) is 24.3 Å². The molecular weight excluding hydrogens is 298 g/mol. The normalized spacial score (nSPS) is 12.4. The number of fused-ring (bicyclic) bond motifs is 1. The van der Waals surface area contributed by atoms with Crippen molar-refractivity contribution in [3.8, 4) is 0 Å². The summed E-state index contributed by atoms with van der Waals surface area (Å²) in [5, 5.41) is 3.42. The average Bonchev–Trinajstić information content (AvgIpc) is 2.88. The largest absolute Gasteiger partial charge is 0.344 e. The number of likely N-dealkylation sites (N-methyl/N-ethyl adjacent to an activating group) is 1. The predicted octanol–water partition coefficient (Wildman–Crippen LogP) is 2.81. The number of carbonyl (C=O) groups is 2. The molecule has 22 heavy (non-hydrogen) atoms. The Morgan fingerprint density at radius 3 is 2.55 bits per heavy atom. The fraction of sp³-hybridized carbons (Fsp3) is 0.438. The lowest BCUT2D eigenvalue weighted by Crippen LogP contribution is -2.51. The third-order valence-corrected chi connectivity index (χ3v) is 4.45. The Bertz CT molecular complexity index is 648. The number of amides is 2. The minimum Gasteiger partial charge on any atom is -0.344 e. The highest BCUT2D eigenvalue weighted by molar-refractivity contribution is 7.22. The van der Waals surface area contributed by atoms with Crippen LogP contribution in [0.2, 0.25) is 0 Å². The van der Waals surface area contributed by atoms with Crippen molar-refractivity contribution in [3.05, 3.63) is 24.3 Å². The summed E-state index contributed by atoms with van der Waals surface area (Å²) in [6.45, 7) is 7.70. The topological polar surface area (TPSA) is 62.3 Å². The van der Waals surface area contributed by atoms with Crippen molar-refractivity contribution < 1.29 is 9.59 Å². The van der Waals surface area contributed by atoms with E-state index in [9.17, 15) is 9.59 Å². The molecule has 1 aromatic carbocycles. The molecular formula is C16H21N3O2S. The van der Waals surface area contributed by atoms with Gasteiger partial charge in [-0.25, -0.2) is 4.98 Å². The SMILES string of the molecule is CCN(C(=O)C(NC(C)=O)C(C)C)c1nc2ccccc2s1. The first-order chi connectivity index (χ1) is 10.4. The lowest BCUT2D eigenvalue weighted by molar-refractivity contribution is -0.127. The van der Waals surface area contributed by atoms with Crippen molar-refractivity contribution in [1.82, 2.24) is 10.3 Å². The number of hydrogen-bond donors (Lipinski definition) is 1. The van der Waals surface area contributed by atoms with Gasteiger partial charge < -0.3 is 5.32 Å². The molecule has 6 heteroatoms. The number of carbonyl (C=O) groups excluding carboxylic acids is 2. The van der Waals surface area contributed by atoms with Gasteiger partial charge in [0.1, 0.15) is 6.04 Å². The second-order valence-electron chi connectivity index (χ2n) is 5.47. The number of benzene rings is 1. The molecule has 0 radical (unpaired) electrons. The Morgan fingerprint density at radius 1 is 1.32 bits per heavy atom. The van der Waals surface area contributed by atoms with Crippen LogP contribution in [-0.4, -0.2) is 29.4 Å². The van der Waals surface area contributed by atoms with Crippen LogP contribution in [0.4, 0.5) is 5.13 Å². The number of anilines is 1. The summed E-state index contributed by atoms with van der Waals surface area (Å²) in [7, 11) is 0. The van der Waals surface area contributed by atoms with Crippen LogP contribution in [0, 0.1) is 5.92 Å². The molecule has 0 spiro atoms. The Kier molecular flexibility index (Phi) is 5.13. The van der Waals surface area contributed by atoms with Crippen LogP contribution in [0.3, 0.4) is 0 Å². The molecule has 0 fully saturated rings. The van der Waals surface area contributed by atoms with Crippen LogP contribution in [0.25, 0.3) is 10.2 Å². The first-order valence-electron chi connectivity index (χ1n) is 7.38. The van der Waals surface area contributed by atoms with Crippen molar-refractivity contribution >= 4 is 38.5 Å². The quantitative estimate of drug-likeness (QED) is 0.922. The Labute approximate surface area is 134 Å². The van der Waals surface area contributed by atoms with E-state index in [-0.39, 0.29) is 17.7 Å². The van der Waals surface area contributed by atoms with Gasteiger partial charge >= 0.3 is 0 Å². The molecule has 2 amide bonds. The van der Waals surface area contributed by atoms with Gasteiger partial charge in [-0.3, -0.25) is 14.5 Å². The van der Waals surface area contributed by atoms with E-state index >= 15 is 0 Å². The fourth-order valence-corrected chi connectivity index (χ4v) is 3.30. The van der Waals surface area contributed by atoms with E-state index < -0.39 is 6.04 Å². The molecule has 0 aliphatic heterocycles. The zero-order valence-corrected chi connectivity index (χ0v) is 14.1. The number of rotatable bonds is 5. The van der Waals surface area contributed by atoms with Gasteiger partial charge in [-0.2, -0.15) is 0 Å². The van der Waals surface area contributed by atoms with Crippen LogP contribution < -0.4 is 10.2 Å². The number of nitrogens with one attached hydrogen (secondary N) is 1. The zero-order chi connectivity index (χ0) is 16.3. The van der Waals surface area contributed by atoms with Gasteiger partial charge in [0.2, 0.25) is 5.91 Å². The monoisotopic (exact) mass is 319 g/mol. The summed E-state index contributed by atoms with van der Waals surface area (Å²) in [4.78, 5) is 30.3. The highest BCUT2D eigenvalue weighted by Gasteiger charge is 2.29. The Morgan fingerprint density at radius 2 is 2.00 bits per heavy atom. The van der Waals surface area contributed by atoms with Gasteiger partial charge in [-0.15, -0.1) is 0 Å². The summed E-state index contributed by atoms with van der Waals surface area (Å²) in [6.07, 6.45) is 0. The molecule has 2 aromatic rings. The average molecular weight is 319 g/mol. The molecule has 0 saturated heterocycles. The van der Waals surface area contributed by atoms with Gasteiger partial charge in [0.25, 0.3) is 5.91 Å². The van der Waals surface area contributed by atoms with Crippen molar-refractivity contribution in [2.75, 3.05) is 11.4 Å². The second kappa shape index (κ2) is 6.87. The van der Waals surface area contributed by atoms with E-state index in [1.165, 1.54) is 18.3 Å². The first-order valence-corrected chi connectivity index (χ1v) is 8.19. The van der Waals surface area contributed by atoms with Gasteiger partial charge in [0, 0.05) is 13.5 Å². The van der Waals surface area contributed by atoms with Gasteiger partial charge in [-0.1, -0.05) is 37.3 Å². The highest BCUT2D eigenvalue weighted by atomic mass is 32.1. The smallest absolute Gasteiger partial charge is 0.251 e. The number of para-hydroxylation sites is 1. The minimum absolute atomic E-state index is 0.0137. The molecule has 1 atom stereocenters. The third-order valence-electron chi connectivity index (χ3n) is 3.39. The highest BCUT2D eigenvalue weighted by Crippen LogP contribution is 2.29. The Balaban J connectivity index is 2.32. The summed E-state index contributed by atoms with van der Waals surface area (Å²) in [5.41, 5.74) is 0.884. The summed E-state index contributed by atoms with van der Waals surface area (Å²) in [6, 6.07) is 7.27. The van der Waals surface area contributed by atoms with E-state index in [1.54, 1.807) is 4.90 Å². The molecule has 2 rings (SSSR count). The number of nitrogens with zero attached hydrogens (tertiary/aromatic N) is 2. The lowest BCUT2D eigenvalue weighted by atomic mass is 10.0. The van der Waals surface area contributed by atoms with E-state index in [0.717, 1.165) is 10.2 Å². The maximum absolute atomic E-state index is 12.8. The van der Waals surface area contributed by atoms with Crippen LogP contribution >= 0.6 is 11.3 Å². The molecule has 5 nitrogen and oxygen atoms in total. The van der Waals surface area contributed by atoms with E-state index in [4.69, 9.17) is 0 Å². The number of hydrogen-bond acceptors (Lipinski definition) is 4. The molecule has 0 aliphatic rings. The molecule has 1 unspecified atom stereocenters. The molecule has 0 aliphatic carbocycles. The van der Waals surface area contributed by atoms with Gasteiger partial charge in [0.15, 0.2) is 5.13 Å². The van der Waals surface area contributed by atoms with E-state index in [1.807, 2.05) is 45.0 Å². The van der Waals surface area contributed by atoms with Crippen LogP contribution in [0.1, 0.15) is 27.7 Å². The molecule has 1 heterocycles. The molecule has 0 bridgehead atoms. The Hall–Kier alpha value is -1.95. The molecule has 1 N–H and O–H groups in total. The second-order valence-corrected chi connectivity index (χ2v) is 6.48. The zero-order valence-electron chi connectivity index (χ0n) is 13.3. The number of thiazole rings is 1. The summed E-state index contributed by atoms with van der Waals surface area (Å²) in [5.74, 6) is -0.306. The third kappa shape index (κ3) is 3.44. The molecule has 1 aromatic heterocycles. The van der Waals surface area contributed by atoms with E-state index in [2.05, 4.69) is 10.3 Å². The van der Waals surface area contributed by atoms with Crippen LogP contribution in [-0.2, 0) is 9.59 Å². The lowest BCUT2D eigenvalue weighted by Gasteiger charge is -2.27. The molecule has 0 saturated carbocycles. The fourth-order valence-electron chi connectivity index (χ4n) is 2.26. The standard InChI is InChI=1S/C16H21N3O2S/c1-5-19(15(21)14(10(2)3)17-11(4)20)16-18-12-8-6-7-9-13(12)22-16/h6-10,14H,5H2,1-4H3,(H,17,20). The maximum atomic E-state index is 12.8. The van der Waals surface area contributed by atoms with Crippen molar-refractivity contribution in [2.45, 2.75) is 33.7 Å². The van der Waals surface area contributed by atoms with Crippen molar-refractivity contribution in [2.24, 2.45) is 5.92 Å². The van der Waals surface area contributed by atoms with Crippen LogP contribution in [0.5, 0.6) is 0 Å². The maximum Gasteiger partial charge on any atom is 0.251 e. The number of aromatic nitrogens is 1. The van der Waals surface area contributed by atoms with Gasteiger partial charge in [-0.05, 0) is 25.0 Å². The molecule has 118 valence electrons. The summed E-state index contributed by atoms with van der Waals surface area (Å²) >= 11 is 1.49. The van der Waals surface area contributed by atoms with Gasteiger partial charge in [0.05, 0.1) is 10.2 Å².